The Morgan fingerprint density at radius 1 is 0.862 bits per heavy atom. The number of hydrogen-bond donors (Lipinski definition) is 1. The lowest BCUT2D eigenvalue weighted by Gasteiger charge is -2.62. The third-order valence-electron chi connectivity index (χ3n) is 11.1. The van der Waals surface area contributed by atoms with Crippen molar-refractivity contribution < 1.29 is 5.11 Å². The van der Waals surface area contributed by atoms with Crippen molar-refractivity contribution in [2.75, 3.05) is 0 Å². The molecule has 29 heavy (non-hydrogen) atoms. The van der Waals surface area contributed by atoms with E-state index < -0.39 is 5.60 Å². The highest BCUT2D eigenvalue weighted by atomic mass is 16.3. The van der Waals surface area contributed by atoms with Crippen LogP contribution in [0.3, 0.4) is 0 Å². The fourth-order valence-corrected chi connectivity index (χ4v) is 9.27. The predicted octanol–water partition coefficient (Wildman–Crippen LogP) is 7.86. The summed E-state index contributed by atoms with van der Waals surface area (Å²) >= 11 is 0. The molecule has 9 atom stereocenters. The summed E-state index contributed by atoms with van der Waals surface area (Å²) in [6.07, 6.45) is 14.9. The van der Waals surface area contributed by atoms with E-state index in [1.54, 1.807) is 0 Å². The van der Waals surface area contributed by atoms with Crippen molar-refractivity contribution in [2.45, 2.75) is 125 Å². The van der Waals surface area contributed by atoms with E-state index in [2.05, 4.69) is 48.5 Å². The van der Waals surface area contributed by atoms with Gasteiger partial charge in [-0.05, 0) is 129 Å². The second kappa shape index (κ2) is 7.25. The molecule has 0 aromatic heterocycles. The predicted molar refractivity (Wildman–Crippen MR) is 124 cm³/mol. The molecule has 0 aromatic carbocycles. The first-order chi connectivity index (χ1) is 13.4. The summed E-state index contributed by atoms with van der Waals surface area (Å²) in [5.41, 5.74) is 1.17. The van der Waals surface area contributed by atoms with Crippen molar-refractivity contribution in [2.24, 2.45) is 51.8 Å². The van der Waals surface area contributed by atoms with Crippen LogP contribution in [-0.4, -0.2) is 10.7 Å². The Morgan fingerprint density at radius 3 is 2.24 bits per heavy atom. The van der Waals surface area contributed by atoms with Crippen LogP contribution < -0.4 is 0 Å². The van der Waals surface area contributed by atoms with Gasteiger partial charge in [0.1, 0.15) is 0 Å². The van der Waals surface area contributed by atoms with Crippen molar-refractivity contribution in [3.8, 4) is 0 Å². The second-order valence-electron chi connectivity index (χ2n) is 14.2. The minimum Gasteiger partial charge on any atom is -0.390 e. The van der Waals surface area contributed by atoms with Crippen molar-refractivity contribution in [1.82, 2.24) is 0 Å². The largest absolute Gasteiger partial charge is 0.390 e. The lowest BCUT2D eigenvalue weighted by Crippen LogP contribution is -2.55. The fraction of sp³-hybridized carbons (Fsp3) is 1.00. The Balaban J connectivity index is 1.49. The minimum atomic E-state index is -0.402. The topological polar surface area (TPSA) is 20.2 Å². The first-order valence-electron chi connectivity index (χ1n) is 13.1. The summed E-state index contributed by atoms with van der Waals surface area (Å²) < 4.78 is 0. The van der Waals surface area contributed by atoms with Gasteiger partial charge >= 0.3 is 0 Å². The van der Waals surface area contributed by atoms with Crippen LogP contribution in [0.25, 0.3) is 0 Å². The number of rotatable bonds is 3. The van der Waals surface area contributed by atoms with Gasteiger partial charge in [-0.2, -0.15) is 0 Å². The monoisotopic (exact) mass is 402 g/mol. The Kier molecular flexibility index (Phi) is 5.54. The molecule has 0 heterocycles. The van der Waals surface area contributed by atoms with Crippen molar-refractivity contribution >= 4 is 0 Å². The lowest BCUT2D eigenvalue weighted by molar-refractivity contribution is -0.148. The van der Waals surface area contributed by atoms with Gasteiger partial charge in [-0.25, -0.2) is 0 Å². The molecule has 4 saturated carbocycles. The van der Waals surface area contributed by atoms with Crippen LogP contribution in [0.1, 0.15) is 119 Å². The summed E-state index contributed by atoms with van der Waals surface area (Å²) in [5, 5.41) is 10.7. The Hall–Kier alpha value is -0.0400. The Labute approximate surface area is 181 Å². The molecule has 4 aliphatic carbocycles. The summed E-state index contributed by atoms with van der Waals surface area (Å²) in [7, 11) is 0. The van der Waals surface area contributed by atoms with E-state index in [1.165, 1.54) is 57.8 Å². The summed E-state index contributed by atoms with van der Waals surface area (Å²) in [5.74, 6) is 5.48. The molecular formula is C28H50O. The summed E-state index contributed by atoms with van der Waals surface area (Å²) in [6, 6.07) is 0. The maximum atomic E-state index is 10.7. The highest BCUT2D eigenvalue weighted by molar-refractivity contribution is 5.10. The highest BCUT2D eigenvalue weighted by Crippen LogP contribution is 2.68. The van der Waals surface area contributed by atoms with Gasteiger partial charge in [0.15, 0.2) is 0 Å². The van der Waals surface area contributed by atoms with Crippen LogP contribution in [-0.2, 0) is 0 Å². The summed E-state index contributed by atoms with van der Waals surface area (Å²) in [6.45, 7) is 17.2. The molecule has 1 nitrogen and oxygen atoms in total. The third kappa shape index (κ3) is 3.85. The first kappa shape index (κ1) is 22.2. The number of fused-ring (bicyclic) bond motifs is 5. The Morgan fingerprint density at radius 2 is 1.55 bits per heavy atom. The quantitative estimate of drug-likeness (QED) is 0.509. The molecule has 1 heteroatoms. The minimum absolute atomic E-state index is 0.402. The van der Waals surface area contributed by atoms with Crippen molar-refractivity contribution in [3.63, 3.8) is 0 Å². The molecule has 4 fully saturated rings. The van der Waals surface area contributed by atoms with Gasteiger partial charge < -0.3 is 5.11 Å². The van der Waals surface area contributed by atoms with Crippen LogP contribution in [0.15, 0.2) is 0 Å². The zero-order valence-corrected chi connectivity index (χ0v) is 20.7. The molecule has 0 radical (unpaired) electrons. The maximum Gasteiger partial charge on any atom is 0.0622 e. The van der Waals surface area contributed by atoms with Crippen molar-refractivity contribution in [3.05, 3.63) is 0 Å². The van der Waals surface area contributed by atoms with Crippen molar-refractivity contribution in [1.29, 1.82) is 0 Å². The normalized spacial score (nSPS) is 51.1. The first-order valence-corrected chi connectivity index (χ1v) is 13.1. The zero-order chi connectivity index (χ0) is 21.2. The van der Waals surface area contributed by atoms with Gasteiger partial charge in [0.25, 0.3) is 0 Å². The van der Waals surface area contributed by atoms with Crippen LogP contribution in [0.4, 0.5) is 0 Å². The third-order valence-corrected chi connectivity index (χ3v) is 11.1. The van der Waals surface area contributed by atoms with E-state index in [1.807, 2.05) is 0 Å². The van der Waals surface area contributed by atoms with Gasteiger partial charge in [-0.1, -0.05) is 41.5 Å². The van der Waals surface area contributed by atoms with Crippen LogP contribution >= 0.6 is 0 Å². The maximum absolute atomic E-state index is 10.7. The van der Waals surface area contributed by atoms with Gasteiger partial charge in [0.2, 0.25) is 0 Å². The van der Waals surface area contributed by atoms with Gasteiger partial charge in [-0.15, -0.1) is 0 Å². The van der Waals surface area contributed by atoms with Crippen LogP contribution in [0.5, 0.6) is 0 Å². The molecule has 0 aromatic rings. The molecule has 1 N–H and O–H groups in total. The van der Waals surface area contributed by atoms with Crippen LogP contribution in [0, 0.1) is 51.8 Å². The van der Waals surface area contributed by atoms with E-state index in [4.69, 9.17) is 0 Å². The highest BCUT2D eigenvalue weighted by Gasteiger charge is 2.61. The second-order valence-corrected chi connectivity index (χ2v) is 14.2. The van der Waals surface area contributed by atoms with Gasteiger partial charge in [0.05, 0.1) is 5.60 Å². The SMILES string of the molecule is C[C@H](CCC(C)(C)C)[C@H]1CCC2C3CC[C@@H]4C[C@](C)(O)CC[C@]4(C)C3CC[C@@]21C. The molecule has 0 bridgehead atoms. The standard InChI is InChI=1S/C28H50O/c1-19(12-14-25(2,3)4)22-10-11-23-21-9-8-20-18-26(5,29)16-17-27(20,6)24(21)13-15-28(22,23)7/h19-24,29H,8-18H2,1-7H3/t19-,20-,21?,22-,23?,24?,26-,27+,28-/m1/s1. The molecule has 168 valence electrons. The van der Waals surface area contributed by atoms with E-state index in [0.717, 1.165) is 48.3 Å². The van der Waals surface area contributed by atoms with Crippen LogP contribution in [0.2, 0.25) is 0 Å². The van der Waals surface area contributed by atoms with E-state index in [0.29, 0.717) is 16.2 Å². The molecule has 0 saturated heterocycles. The lowest BCUT2D eigenvalue weighted by atomic mass is 9.43. The molecule has 0 amide bonds. The fourth-order valence-electron chi connectivity index (χ4n) is 9.27. The van der Waals surface area contributed by atoms with E-state index in [9.17, 15) is 5.11 Å². The average molecular weight is 403 g/mol. The van der Waals surface area contributed by atoms with Gasteiger partial charge in [0, 0.05) is 0 Å². The number of hydrogen-bond acceptors (Lipinski definition) is 1. The molecule has 3 unspecified atom stereocenters. The zero-order valence-electron chi connectivity index (χ0n) is 20.7. The Bertz CT molecular complexity index is 600. The molecule has 0 aliphatic heterocycles. The van der Waals surface area contributed by atoms with E-state index in [-0.39, 0.29) is 0 Å². The summed E-state index contributed by atoms with van der Waals surface area (Å²) in [4.78, 5) is 0. The number of aliphatic hydroxyl groups is 1. The molecule has 4 aliphatic rings. The van der Waals surface area contributed by atoms with E-state index >= 15 is 0 Å². The molecule has 4 rings (SSSR count). The smallest absolute Gasteiger partial charge is 0.0622 e. The molecular weight excluding hydrogens is 352 g/mol. The average Bonchev–Trinajstić information content (AvgIpc) is 2.97. The molecule has 0 spiro atoms. The van der Waals surface area contributed by atoms with Gasteiger partial charge in [-0.3, -0.25) is 0 Å².